The number of nitrogens with zero attached hydrogens (tertiary/aromatic N) is 3. The van der Waals surface area contributed by atoms with Crippen LogP contribution in [0.2, 0.25) is 0 Å². The highest BCUT2D eigenvalue weighted by atomic mass is 19.4. The van der Waals surface area contributed by atoms with Gasteiger partial charge in [0.15, 0.2) is 6.61 Å². The molecule has 1 aliphatic rings. The van der Waals surface area contributed by atoms with Crippen molar-refractivity contribution in [3.63, 3.8) is 0 Å². The number of hydrogen-bond acceptors (Lipinski definition) is 5. The maximum absolute atomic E-state index is 12.9. The molecule has 0 unspecified atom stereocenters. The third-order valence-electron chi connectivity index (χ3n) is 4.52. The minimum absolute atomic E-state index is 0.131. The molecule has 31 heavy (non-hydrogen) atoms. The SMILES string of the molecule is O=C(CN1CCN(C(=O)c2ccc(OCC(F)(F)F)nc2)CC1)Nc1ccc(F)cc1. The molecule has 1 aromatic heterocycles. The van der Waals surface area contributed by atoms with Gasteiger partial charge in [0.25, 0.3) is 5.91 Å². The summed E-state index contributed by atoms with van der Waals surface area (Å²) in [4.78, 5) is 31.9. The number of benzene rings is 1. The number of carbonyl (C=O) groups excluding carboxylic acids is 2. The van der Waals surface area contributed by atoms with Crippen molar-refractivity contribution in [1.29, 1.82) is 0 Å². The summed E-state index contributed by atoms with van der Waals surface area (Å²) in [6.45, 7) is 0.395. The Morgan fingerprint density at radius 3 is 2.29 bits per heavy atom. The van der Waals surface area contributed by atoms with Gasteiger partial charge < -0.3 is 15.0 Å². The summed E-state index contributed by atoms with van der Waals surface area (Å²) in [6, 6.07) is 8.03. The van der Waals surface area contributed by atoms with Gasteiger partial charge in [-0.25, -0.2) is 9.37 Å². The molecule has 0 atom stereocenters. The largest absolute Gasteiger partial charge is 0.468 e. The first-order valence-corrected chi connectivity index (χ1v) is 9.42. The van der Waals surface area contributed by atoms with Crippen molar-refractivity contribution in [2.24, 2.45) is 0 Å². The lowest BCUT2D eigenvalue weighted by Gasteiger charge is -2.34. The number of anilines is 1. The van der Waals surface area contributed by atoms with Crippen LogP contribution in [0, 0.1) is 5.82 Å². The Labute approximate surface area is 175 Å². The molecule has 0 saturated carbocycles. The molecule has 3 rings (SSSR count). The summed E-state index contributed by atoms with van der Waals surface area (Å²) in [5.74, 6) is -1.15. The average molecular weight is 440 g/mol. The van der Waals surface area contributed by atoms with Crippen LogP contribution in [0.25, 0.3) is 0 Å². The first-order chi connectivity index (χ1) is 14.7. The summed E-state index contributed by atoms with van der Waals surface area (Å²) < 4.78 is 53.9. The van der Waals surface area contributed by atoms with Crippen LogP contribution in [0.5, 0.6) is 5.88 Å². The highest BCUT2D eigenvalue weighted by Gasteiger charge is 2.29. The predicted molar refractivity (Wildman–Crippen MR) is 103 cm³/mol. The fraction of sp³-hybridized carbons (Fsp3) is 0.350. The number of piperazine rings is 1. The number of alkyl halides is 3. The van der Waals surface area contributed by atoms with Gasteiger partial charge >= 0.3 is 6.18 Å². The second-order valence-electron chi connectivity index (χ2n) is 6.91. The zero-order valence-electron chi connectivity index (χ0n) is 16.4. The van der Waals surface area contributed by atoms with E-state index in [-0.39, 0.29) is 29.8 Å². The molecule has 0 bridgehead atoms. The molecule has 1 saturated heterocycles. The molecule has 1 N–H and O–H groups in total. The molecule has 0 spiro atoms. The second-order valence-corrected chi connectivity index (χ2v) is 6.91. The zero-order valence-corrected chi connectivity index (χ0v) is 16.4. The highest BCUT2D eigenvalue weighted by molar-refractivity contribution is 5.94. The highest BCUT2D eigenvalue weighted by Crippen LogP contribution is 2.18. The molecule has 1 fully saturated rings. The fourth-order valence-electron chi connectivity index (χ4n) is 2.98. The van der Waals surface area contributed by atoms with E-state index < -0.39 is 18.6 Å². The Hall–Kier alpha value is -3.21. The molecule has 166 valence electrons. The number of hydrogen-bond donors (Lipinski definition) is 1. The van der Waals surface area contributed by atoms with E-state index >= 15 is 0 Å². The lowest BCUT2D eigenvalue weighted by molar-refractivity contribution is -0.154. The molecule has 1 aromatic carbocycles. The van der Waals surface area contributed by atoms with Crippen LogP contribution in [0.1, 0.15) is 10.4 Å². The molecular weight excluding hydrogens is 420 g/mol. The summed E-state index contributed by atoms with van der Waals surface area (Å²) in [6.07, 6.45) is -3.29. The standard InChI is InChI=1S/C20H20F4N4O3/c21-15-2-4-16(5-3-15)26-17(29)12-27-7-9-28(10-8-27)19(30)14-1-6-18(25-11-14)31-13-20(22,23)24/h1-6,11H,7-10,12-13H2,(H,26,29). The number of aromatic nitrogens is 1. The van der Waals surface area contributed by atoms with Crippen molar-refractivity contribution in [2.75, 3.05) is 44.6 Å². The smallest absolute Gasteiger partial charge is 0.422 e. The van der Waals surface area contributed by atoms with E-state index in [9.17, 15) is 27.2 Å². The summed E-state index contributed by atoms with van der Waals surface area (Å²) in [5, 5.41) is 2.68. The molecule has 2 heterocycles. The van der Waals surface area contributed by atoms with Crippen molar-refractivity contribution in [2.45, 2.75) is 6.18 Å². The lowest BCUT2D eigenvalue weighted by atomic mass is 10.2. The van der Waals surface area contributed by atoms with Crippen molar-refractivity contribution in [3.8, 4) is 5.88 Å². The van der Waals surface area contributed by atoms with E-state index in [1.54, 1.807) is 4.90 Å². The normalized spacial score (nSPS) is 14.9. The van der Waals surface area contributed by atoms with Gasteiger partial charge in [0.2, 0.25) is 11.8 Å². The number of amides is 2. The Balaban J connectivity index is 1.45. The van der Waals surface area contributed by atoms with Gasteiger partial charge in [-0.05, 0) is 30.3 Å². The van der Waals surface area contributed by atoms with Gasteiger partial charge in [0, 0.05) is 44.1 Å². The Bertz CT molecular complexity index is 896. The van der Waals surface area contributed by atoms with Gasteiger partial charge in [-0.15, -0.1) is 0 Å². The average Bonchev–Trinajstić information content (AvgIpc) is 2.74. The van der Waals surface area contributed by atoms with Crippen molar-refractivity contribution in [1.82, 2.24) is 14.8 Å². The maximum Gasteiger partial charge on any atom is 0.422 e. The van der Waals surface area contributed by atoms with Crippen LogP contribution in [0.4, 0.5) is 23.2 Å². The first-order valence-electron chi connectivity index (χ1n) is 9.42. The van der Waals surface area contributed by atoms with Crippen LogP contribution in [0.15, 0.2) is 42.6 Å². The van der Waals surface area contributed by atoms with Crippen molar-refractivity contribution < 1.29 is 31.9 Å². The molecule has 2 aromatic rings. The predicted octanol–water partition coefficient (Wildman–Crippen LogP) is 2.56. The monoisotopic (exact) mass is 440 g/mol. The number of nitrogens with one attached hydrogen (secondary N) is 1. The van der Waals surface area contributed by atoms with Gasteiger partial charge in [0.1, 0.15) is 5.82 Å². The summed E-state index contributed by atoms with van der Waals surface area (Å²) in [5.41, 5.74) is 0.734. The Kier molecular flexibility index (Phi) is 7.06. The second kappa shape index (κ2) is 9.73. The van der Waals surface area contributed by atoms with E-state index in [0.29, 0.717) is 31.9 Å². The van der Waals surface area contributed by atoms with E-state index in [1.165, 1.54) is 42.6 Å². The number of ether oxygens (including phenoxy) is 1. The number of rotatable bonds is 6. The lowest BCUT2D eigenvalue weighted by Crippen LogP contribution is -2.50. The minimum Gasteiger partial charge on any atom is -0.468 e. The Morgan fingerprint density at radius 2 is 1.71 bits per heavy atom. The van der Waals surface area contributed by atoms with Crippen LogP contribution in [0.3, 0.4) is 0 Å². The number of carbonyl (C=O) groups is 2. The third kappa shape index (κ3) is 6.92. The summed E-state index contributed by atoms with van der Waals surface area (Å²) >= 11 is 0. The minimum atomic E-state index is -4.47. The number of pyridine rings is 1. The van der Waals surface area contributed by atoms with E-state index in [2.05, 4.69) is 15.0 Å². The molecule has 0 aliphatic carbocycles. The Morgan fingerprint density at radius 1 is 1.03 bits per heavy atom. The third-order valence-corrected chi connectivity index (χ3v) is 4.52. The van der Waals surface area contributed by atoms with Gasteiger partial charge in [0.05, 0.1) is 12.1 Å². The maximum atomic E-state index is 12.9. The molecule has 0 radical (unpaired) electrons. The topological polar surface area (TPSA) is 74.8 Å². The van der Waals surface area contributed by atoms with E-state index in [4.69, 9.17) is 0 Å². The fourth-order valence-corrected chi connectivity index (χ4v) is 2.98. The molecule has 11 heteroatoms. The molecular formula is C20H20F4N4O3. The number of halogens is 4. The van der Waals surface area contributed by atoms with Crippen LogP contribution < -0.4 is 10.1 Å². The van der Waals surface area contributed by atoms with Crippen LogP contribution in [-0.2, 0) is 4.79 Å². The van der Waals surface area contributed by atoms with Crippen LogP contribution >= 0.6 is 0 Å². The van der Waals surface area contributed by atoms with Gasteiger partial charge in [-0.3, -0.25) is 14.5 Å². The van der Waals surface area contributed by atoms with Gasteiger partial charge in [-0.1, -0.05) is 0 Å². The quantitative estimate of drug-likeness (QED) is 0.699. The zero-order chi connectivity index (χ0) is 22.4. The van der Waals surface area contributed by atoms with E-state index in [1.807, 2.05) is 4.90 Å². The van der Waals surface area contributed by atoms with Gasteiger partial charge in [-0.2, -0.15) is 13.2 Å². The van der Waals surface area contributed by atoms with Crippen molar-refractivity contribution >= 4 is 17.5 Å². The molecule has 2 amide bonds. The van der Waals surface area contributed by atoms with Crippen molar-refractivity contribution in [3.05, 3.63) is 54.0 Å². The molecule has 1 aliphatic heterocycles. The first kappa shape index (κ1) is 22.5. The molecule has 7 nitrogen and oxygen atoms in total. The summed E-state index contributed by atoms with van der Waals surface area (Å²) in [7, 11) is 0. The van der Waals surface area contributed by atoms with Crippen LogP contribution in [-0.4, -0.2) is 72.1 Å². The van der Waals surface area contributed by atoms with E-state index in [0.717, 1.165) is 0 Å².